The molecule has 0 N–H and O–H groups in total. The van der Waals surface area contributed by atoms with Crippen LogP contribution < -0.4 is 25.9 Å². The number of hydrogen-bond acceptors (Lipinski definition) is 3. The average molecular weight is 515 g/mol. The van der Waals surface area contributed by atoms with E-state index in [2.05, 4.69) is 81.4 Å². The fourth-order valence-corrected chi connectivity index (χ4v) is 6.15. The van der Waals surface area contributed by atoms with Crippen molar-refractivity contribution in [1.29, 1.82) is 0 Å². The molecule has 0 aliphatic rings. The number of hydrogen-bond donors (Lipinski definition) is 0. The number of ether oxygens (including phenoxy) is 2. The molecule has 0 saturated heterocycles. The van der Waals surface area contributed by atoms with Gasteiger partial charge in [-0.2, -0.15) is 0 Å². The van der Waals surface area contributed by atoms with Gasteiger partial charge in [-0.3, -0.25) is 0 Å². The van der Waals surface area contributed by atoms with E-state index in [-0.39, 0.29) is 39.2 Å². The minimum absolute atomic E-state index is 0.0690. The van der Waals surface area contributed by atoms with Crippen molar-refractivity contribution in [2.24, 2.45) is 0 Å². The number of aryl methyl sites for hydroxylation is 1. The van der Waals surface area contributed by atoms with Gasteiger partial charge in [-0.1, -0.05) is 0 Å². The normalized spacial score (nSPS) is 11.3. The van der Waals surface area contributed by atoms with Crippen LogP contribution in [0.15, 0.2) is 72.8 Å². The molecule has 3 aromatic rings. The SMILES string of the molecule is CCOC(=O)COc1ccc(C(C)(C)c2ccccc2[I-]c2ccc(C)cc2)cc1. The van der Waals surface area contributed by atoms with Crippen LogP contribution in [0.1, 0.15) is 37.5 Å². The molecule has 4 heteroatoms. The Morgan fingerprint density at radius 3 is 2.27 bits per heavy atom. The third kappa shape index (κ3) is 5.63. The van der Waals surface area contributed by atoms with Crippen LogP contribution in [-0.2, 0) is 14.9 Å². The first kappa shape index (κ1) is 22.3. The number of carbonyl (C=O) groups excluding carboxylic acids is 1. The van der Waals surface area contributed by atoms with Gasteiger partial charge in [-0.15, -0.1) is 0 Å². The van der Waals surface area contributed by atoms with Crippen molar-refractivity contribution in [2.45, 2.75) is 33.1 Å². The van der Waals surface area contributed by atoms with Crippen molar-refractivity contribution in [1.82, 2.24) is 0 Å². The summed E-state index contributed by atoms with van der Waals surface area (Å²) >= 11 is -0.264. The summed E-state index contributed by atoms with van der Waals surface area (Å²) in [5, 5.41) is 0. The zero-order chi connectivity index (χ0) is 21.6. The monoisotopic (exact) mass is 515 g/mol. The van der Waals surface area contributed by atoms with Gasteiger partial charge in [0.15, 0.2) is 0 Å². The van der Waals surface area contributed by atoms with E-state index in [1.54, 1.807) is 6.92 Å². The quantitative estimate of drug-likeness (QED) is 0.342. The maximum atomic E-state index is 11.5. The first-order chi connectivity index (χ1) is 14.4. The molecule has 0 atom stereocenters. The Kier molecular flexibility index (Phi) is 7.53. The molecule has 3 aromatic carbocycles. The first-order valence-corrected chi connectivity index (χ1v) is 12.3. The summed E-state index contributed by atoms with van der Waals surface area (Å²) in [4.78, 5) is 11.5. The Morgan fingerprint density at radius 2 is 1.60 bits per heavy atom. The molecule has 0 aliphatic heterocycles. The van der Waals surface area contributed by atoms with Crippen LogP contribution in [-0.4, -0.2) is 19.2 Å². The van der Waals surface area contributed by atoms with Crippen LogP contribution >= 0.6 is 0 Å². The van der Waals surface area contributed by atoms with Crippen molar-refractivity contribution in [3.63, 3.8) is 0 Å². The molecule has 3 rings (SSSR count). The molecule has 0 bridgehead atoms. The van der Waals surface area contributed by atoms with Gasteiger partial charge < -0.3 is 0 Å². The van der Waals surface area contributed by atoms with E-state index in [1.807, 2.05) is 12.1 Å². The van der Waals surface area contributed by atoms with Crippen LogP contribution in [0.2, 0.25) is 0 Å². The van der Waals surface area contributed by atoms with E-state index in [4.69, 9.17) is 9.47 Å². The molecule has 30 heavy (non-hydrogen) atoms. The Balaban J connectivity index is 1.79. The van der Waals surface area contributed by atoms with Gasteiger partial charge in [0.1, 0.15) is 0 Å². The summed E-state index contributed by atoms with van der Waals surface area (Å²) in [5.41, 5.74) is 3.73. The Labute approximate surface area is 189 Å². The van der Waals surface area contributed by atoms with E-state index in [0.717, 1.165) is 0 Å². The van der Waals surface area contributed by atoms with Crippen LogP contribution in [0.3, 0.4) is 0 Å². The molecule has 0 saturated carbocycles. The van der Waals surface area contributed by atoms with Crippen molar-refractivity contribution in [3.05, 3.63) is 96.6 Å². The van der Waals surface area contributed by atoms with Crippen LogP contribution in [0.4, 0.5) is 0 Å². The Morgan fingerprint density at radius 1 is 0.933 bits per heavy atom. The average Bonchev–Trinajstić information content (AvgIpc) is 2.75. The predicted molar refractivity (Wildman–Crippen MR) is 116 cm³/mol. The molecule has 3 nitrogen and oxygen atoms in total. The topological polar surface area (TPSA) is 35.5 Å². The maximum absolute atomic E-state index is 11.5. The minimum atomic E-state index is -0.351. The standard InChI is InChI=1S/C26H28IO3/c1-5-29-25(28)18-30-22-16-12-20(13-17-22)26(3,4)23-8-6-7-9-24(23)27-21-14-10-19(2)11-15-21/h6-17H,5,18H2,1-4H3/q-1. The zero-order valence-corrected chi connectivity index (χ0v) is 20.1. The molecule has 0 spiro atoms. The van der Waals surface area contributed by atoms with Crippen molar-refractivity contribution >= 4 is 5.97 Å². The van der Waals surface area contributed by atoms with Gasteiger partial charge >= 0.3 is 183 Å². The van der Waals surface area contributed by atoms with Crippen LogP contribution in [0.5, 0.6) is 5.75 Å². The van der Waals surface area contributed by atoms with E-state index in [0.29, 0.717) is 12.4 Å². The van der Waals surface area contributed by atoms with Gasteiger partial charge in [-0.05, 0) is 6.92 Å². The molecule has 0 heterocycles. The van der Waals surface area contributed by atoms with E-state index >= 15 is 0 Å². The molecular weight excluding hydrogens is 487 g/mol. The van der Waals surface area contributed by atoms with Gasteiger partial charge in [0.2, 0.25) is 0 Å². The summed E-state index contributed by atoms with van der Waals surface area (Å²) in [7, 11) is 0. The zero-order valence-electron chi connectivity index (χ0n) is 17.9. The Bertz CT molecular complexity index is 976. The third-order valence-electron chi connectivity index (χ3n) is 5.01. The van der Waals surface area contributed by atoms with Crippen molar-refractivity contribution in [3.8, 4) is 5.75 Å². The number of halogens is 1. The summed E-state index contributed by atoms with van der Waals surface area (Å²) in [6.07, 6.45) is 0. The van der Waals surface area contributed by atoms with Gasteiger partial charge in [0, 0.05) is 0 Å². The number of esters is 1. The number of rotatable bonds is 8. The van der Waals surface area contributed by atoms with Crippen LogP contribution in [0, 0.1) is 14.1 Å². The summed E-state index contributed by atoms with van der Waals surface area (Å²) in [6, 6.07) is 25.7. The van der Waals surface area contributed by atoms with E-state index in [9.17, 15) is 4.79 Å². The van der Waals surface area contributed by atoms with Crippen molar-refractivity contribution < 1.29 is 35.5 Å². The Hall–Kier alpha value is -2.34. The molecular formula is C26H28IO3-. The number of carbonyl (C=O) groups is 1. The van der Waals surface area contributed by atoms with E-state index < -0.39 is 0 Å². The fourth-order valence-electron chi connectivity index (χ4n) is 3.23. The molecule has 0 aromatic heterocycles. The van der Waals surface area contributed by atoms with Gasteiger partial charge in [-0.25, -0.2) is 0 Å². The molecule has 0 fully saturated rings. The molecule has 0 radical (unpaired) electrons. The van der Waals surface area contributed by atoms with E-state index in [1.165, 1.54) is 23.8 Å². The first-order valence-electron chi connectivity index (χ1n) is 10.1. The summed E-state index contributed by atoms with van der Waals surface area (Å²) in [6.45, 7) is 8.73. The van der Waals surface area contributed by atoms with Crippen molar-refractivity contribution in [2.75, 3.05) is 13.2 Å². The second-order valence-electron chi connectivity index (χ2n) is 7.61. The summed E-state index contributed by atoms with van der Waals surface area (Å²) < 4.78 is 13.3. The second-order valence-corrected chi connectivity index (χ2v) is 10.6. The molecule has 0 amide bonds. The molecule has 0 unspecified atom stereocenters. The second kappa shape index (κ2) is 10.1. The molecule has 0 aliphatic carbocycles. The van der Waals surface area contributed by atoms with Gasteiger partial charge in [0.05, 0.1) is 0 Å². The number of benzene rings is 3. The predicted octanol–water partition coefficient (Wildman–Crippen LogP) is 2.39. The summed E-state index contributed by atoms with van der Waals surface area (Å²) in [5.74, 6) is 0.318. The third-order valence-corrected chi connectivity index (χ3v) is 7.87. The molecule has 158 valence electrons. The van der Waals surface area contributed by atoms with Crippen LogP contribution in [0.25, 0.3) is 0 Å². The van der Waals surface area contributed by atoms with Gasteiger partial charge in [0.25, 0.3) is 0 Å². The fraction of sp³-hybridized carbons (Fsp3) is 0.269.